The maximum atomic E-state index is 9.73. The summed E-state index contributed by atoms with van der Waals surface area (Å²) in [5.41, 5.74) is 0. The van der Waals surface area contributed by atoms with Crippen LogP contribution in [-0.4, -0.2) is 47.3 Å². The van der Waals surface area contributed by atoms with Crippen LogP contribution in [0.25, 0.3) is 0 Å². The first kappa shape index (κ1) is 15.1. The molecule has 0 radical (unpaired) electrons. The van der Waals surface area contributed by atoms with E-state index >= 15 is 0 Å². The maximum absolute atomic E-state index is 9.73. The van der Waals surface area contributed by atoms with Gasteiger partial charge in [-0.2, -0.15) is 5.10 Å². The van der Waals surface area contributed by atoms with Crippen molar-refractivity contribution < 1.29 is 9.84 Å². The van der Waals surface area contributed by atoms with Crippen molar-refractivity contribution in [1.29, 1.82) is 0 Å². The summed E-state index contributed by atoms with van der Waals surface area (Å²) in [5, 5.41) is 16.9. The fourth-order valence-electron chi connectivity index (χ4n) is 1.52. The lowest BCUT2D eigenvalue weighted by atomic mass is 10.1. The highest BCUT2D eigenvalue weighted by atomic mass is 16.5. The van der Waals surface area contributed by atoms with E-state index < -0.39 is 6.10 Å². The summed E-state index contributed by atoms with van der Waals surface area (Å²) >= 11 is 0. The molecule has 1 heterocycles. The Bertz CT molecular complexity index is 288. The molecular weight excluding hydrogens is 230 g/mol. The Morgan fingerprint density at radius 3 is 2.89 bits per heavy atom. The molecule has 104 valence electrons. The highest BCUT2D eigenvalue weighted by Gasteiger charge is 2.04. The molecule has 18 heavy (non-hydrogen) atoms. The third-order valence-electron chi connectivity index (χ3n) is 2.60. The van der Waals surface area contributed by atoms with Crippen LogP contribution in [0.2, 0.25) is 0 Å². The number of nitrogens with zero attached hydrogens (tertiary/aromatic N) is 2. The molecule has 0 amide bonds. The van der Waals surface area contributed by atoms with Gasteiger partial charge in [-0.1, -0.05) is 13.8 Å². The van der Waals surface area contributed by atoms with Crippen LogP contribution in [0.1, 0.15) is 20.3 Å². The Morgan fingerprint density at radius 1 is 1.39 bits per heavy atom. The van der Waals surface area contributed by atoms with Gasteiger partial charge in [0.1, 0.15) is 0 Å². The highest BCUT2D eigenvalue weighted by molar-refractivity contribution is 4.78. The third kappa shape index (κ3) is 7.42. The highest BCUT2D eigenvalue weighted by Crippen LogP contribution is 1.98. The summed E-state index contributed by atoms with van der Waals surface area (Å²) in [7, 11) is 0. The summed E-state index contributed by atoms with van der Waals surface area (Å²) in [4.78, 5) is 0. The van der Waals surface area contributed by atoms with Crippen molar-refractivity contribution in [3.8, 4) is 0 Å². The Hall–Kier alpha value is -0.910. The zero-order valence-electron chi connectivity index (χ0n) is 11.4. The zero-order chi connectivity index (χ0) is 13.2. The SMILES string of the molecule is CC(C)CCOCCNCC(O)Cn1cccn1. The lowest BCUT2D eigenvalue weighted by molar-refractivity contribution is 0.115. The average Bonchev–Trinajstić information content (AvgIpc) is 2.80. The van der Waals surface area contributed by atoms with Crippen LogP contribution in [0.15, 0.2) is 18.5 Å². The van der Waals surface area contributed by atoms with Crippen molar-refractivity contribution in [2.24, 2.45) is 5.92 Å². The molecule has 2 N–H and O–H groups in total. The predicted octanol–water partition coefficient (Wildman–Crippen LogP) is 0.896. The molecule has 1 aromatic rings. The van der Waals surface area contributed by atoms with Gasteiger partial charge in [0.05, 0.1) is 19.3 Å². The van der Waals surface area contributed by atoms with Crippen LogP contribution in [0.3, 0.4) is 0 Å². The maximum Gasteiger partial charge on any atom is 0.0860 e. The molecule has 1 rings (SSSR count). The van der Waals surface area contributed by atoms with E-state index in [0.29, 0.717) is 25.6 Å². The summed E-state index contributed by atoms with van der Waals surface area (Å²) in [6, 6.07) is 1.85. The van der Waals surface area contributed by atoms with E-state index in [1.807, 2.05) is 12.3 Å². The Morgan fingerprint density at radius 2 is 2.22 bits per heavy atom. The average molecular weight is 255 g/mol. The fourth-order valence-corrected chi connectivity index (χ4v) is 1.52. The van der Waals surface area contributed by atoms with E-state index in [2.05, 4.69) is 24.3 Å². The van der Waals surface area contributed by atoms with E-state index in [4.69, 9.17) is 4.74 Å². The summed E-state index contributed by atoms with van der Waals surface area (Å²) in [6.45, 7) is 7.74. The molecule has 0 fully saturated rings. The minimum Gasteiger partial charge on any atom is -0.390 e. The molecule has 1 atom stereocenters. The lowest BCUT2D eigenvalue weighted by Crippen LogP contribution is -2.32. The number of hydrogen-bond donors (Lipinski definition) is 2. The van der Waals surface area contributed by atoms with Gasteiger partial charge in [0.2, 0.25) is 0 Å². The number of ether oxygens (including phenoxy) is 1. The normalized spacial score (nSPS) is 13.1. The standard InChI is InChI=1S/C13H25N3O2/c1-12(2)4-8-18-9-6-14-10-13(17)11-16-7-3-5-15-16/h3,5,7,12-14,17H,4,6,8-11H2,1-2H3. The Labute approximate surface area is 109 Å². The van der Waals surface area contributed by atoms with E-state index in [9.17, 15) is 5.11 Å². The van der Waals surface area contributed by atoms with E-state index in [1.54, 1.807) is 10.9 Å². The molecule has 0 aliphatic carbocycles. The van der Waals surface area contributed by atoms with Crippen LogP contribution in [-0.2, 0) is 11.3 Å². The number of hydrogen-bond acceptors (Lipinski definition) is 4. The number of rotatable bonds is 10. The monoisotopic (exact) mass is 255 g/mol. The Balaban J connectivity index is 1.91. The predicted molar refractivity (Wildman–Crippen MR) is 71.4 cm³/mol. The van der Waals surface area contributed by atoms with Crippen molar-refractivity contribution in [1.82, 2.24) is 15.1 Å². The van der Waals surface area contributed by atoms with Crippen molar-refractivity contribution >= 4 is 0 Å². The molecule has 5 nitrogen and oxygen atoms in total. The van der Waals surface area contributed by atoms with Gasteiger partial charge < -0.3 is 15.2 Å². The molecule has 0 spiro atoms. The van der Waals surface area contributed by atoms with Crippen LogP contribution in [0.4, 0.5) is 0 Å². The molecule has 0 bridgehead atoms. The molecule has 0 saturated carbocycles. The van der Waals surface area contributed by atoms with Gasteiger partial charge in [0.25, 0.3) is 0 Å². The topological polar surface area (TPSA) is 59.3 Å². The number of aliphatic hydroxyl groups is 1. The van der Waals surface area contributed by atoms with Gasteiger partial charge in [0, 0.05) is 32.1 Å². The van der Waals surface area contributed by atoms with Crippen molar-refractivity contribution in [2.75, 3.05) is 26.3 Å². The van der Waals surface area contributed by atoms with Gasteiger partial charge in [0.15, 0.2) is 0 Å². The smallest absolute Gasteiger partial charge is 0.0860 e. The Kier molecular flexibility index (Phi) is 7.64. The lowest BCUT2D eigenvalue weighted by Gasteiger charge is -2.12. The largest absolute Gasteiger partial charge is 0.390 e. The van der Waals surface area contributed by atoms with Crippen LogP contribution < -0.4 is 5.32 Å². The molecule has 5 heteroatoms. The first-order valence-electron chi connectivity index (χ1n) is 6.62. The summed E-state index contributed by atoms with van der Waals surface area (Å²) in [6.07, 6.45) is 4.24. The van der Waals surface area contributed by atoms with Crippen LogP contribution in [0, 0.1) is 5.92 Å². The minimum atomic E-state index is -0.416. The molecule has 0 aromatic carbocycles. The van der Waals surface area contributed by atoms with Crippen LogP contribution >= 0.6 is 0 Å². The second-order valence-electron chi connectivity index (χ2n) is 4.88. The van der Waals surface area contributed by atoms with E-state index in [0.717, 1.165) is 19.6 Å². The van der Waals surface area contributed by atoms with E-state index in [1.165, 1.54) is 0 Å². The van der Waals surface area contributed by atoms with Gasteiger partial charge in [-0.3, -0.25) is 4.68 Å². The fraction of sp³-hybridized carbons (Fsp3) is 0.769. The van der Waals surface area contributed by atoms with Gasteiger partial charge in [-0.15, -0.1) is 0 Å². The second kappa shape index (κ2) is 9.08. The van der Waals surface area contributed by atoms with Crippen LogP contribution in [0.5, 0.6) is 0 Å². The first-order chi connectivity index (χ1) is 8.68. The zero-order valence-corrected chi connectivity index (χ0v) is 11.4. The molecule has 1 aromatic heterocycles. The van der Waals surface area contributed by atoms with Crippen molar-refractivity contribution in [3.63, 3.8) is 0 Å². The molecule has 1 unspecified atom stereocenters. The summed E-state index contributed by atoms with van der Waals surface area (Å²) < 4.78 is 7.20. The minimum absolute atomic E-state index is 0.416. The van der Waals surface area contributed by atoms with E-state index in [-0.39, 0.29) is 0 Å². The summed E-state index contributed by atoms with van der Waals surface area (Å²) in [5.74, 6) is 0.689. The number of aliphatic hydroxyl groups excluding tert-OH is 1. The van der Waals surface area contributed by atoms with Gasteiger partial charge >= 0.3 is 0 Å². The molecular formula is C13H25N3O2. The van der Waals surface area contributed by atoms with Crippen molar-refractivity contribution in [3.05, 3.63) is 18.5 Å². The van der Waals surface area contributed by atoms with Gasteiger partial charge in [-0.25, -0.2) is 0 Å². The number of aromatic nitrogens is 2. The molecule has 0 aliphatic rings. The number of nitrogens with one attached hydrogen (secondary N) is 1. The van der Waals surface area contributed by atoms with Crippen molar-refractivity contribution in [2.45, 2.75) is 32.9 Å². The quantitative estimate of drug-likeness (QED) is 0.610. The first-order valence-corrected chi connectivity index (χ1v) is 6.62. The molecule has 0 aliphatic heterocycles. The second-order valence-corrected chi connectivity index (χ2v) is 4.88. The molecule has 0 saturated heterocycles. The van der Waals surface area contributed by atoms with Gasteiger partial charge in [-0.05, 0) is 18.4 Å². The third-order valence-corrected chi connectivity index (χ3v) is 2.60.